The first-order valence-electron chi connectivity index (χ1n) is 12.6. The van der Waals surface area contributed by atoms with Crippen molar-refractivity contribution in [1.29, 1.82) is 0 Å². The van der Waals surface area contributed by atoms with Gasteiger partial charge in [0.05, 0.1) is 42.2 Å². The minimum atomic E-state index is -0.385. The Kier molecular flexibility index (Phi) is 6.61. The summed E-state index contributed by atoms with van der Waals surface area (Å²) in [6, 6.07) is 20.4. The van der Waals surface area contributed by atoms with Gasteiger partial charge in [-0.25, -0.2) is 0 Å². The third-order valence-electron chi connectivity index (χ3n) is 7.64. The number of benzene rings is 2. The fourth-order valence-corrected chi connectivity index (χ4v) is 5.49. The molecule has 3 aromatic heterocycles. The van der Waals surface area contributed by atoms with Crippen molar-refractivity contribution >= 4 is 21.9 Å². The van der Waals surface area contributed by atoms with Gasteiger partial charge < -0.3 is 19.1 Å². The Bertz CT molecular complexity index is 1510. The predicted molar refractivity (Wildman–Crippen MR) is 149 cm³/mol. The van der Waals surface area contributed by atoms with E-state index in [4.69, 9.17) is 19.4 Å². The van der Waals surface area contributed by atoms with Crippen molar-refractivity contribution in [2.45, 2.75) is 32.6 Å². The summed E-state index contributed by atoms with van der Waals surface area (Å²) in [6.45, 7) is 6.58. The highest BCUT2D eigenvalue weighted by atomic mass is 16.5. The molecule has 6 heteroatoms. The van der Waals surface area contributed by atoms with E-state index in [0.29, 0.717) is 5.75 Å². The van der Waals surface area contributed by atoms with E-state index in [1.54, 1.807) is 20.4 Å². The third-order valence-corrected chi connectivity index (χ3v) is 7.64. The molecule has 5 aromatic rings. The monoisotopic (exact) mass is 495 g/mol. The second-order valence-electron chi connectivity index (χ2n) is 9.88. The molecule has 0 radical (unpaired) electrons. The molecule has 0 aliphatic carbocycles. The van der Waals surface area contributed by atoms with Crippen molar-refractivity contribution in [3.05, 3.63) is 78.6 Å². The first kappa shape index (κ1) is 24.8. The van der Waals surface area contributed by atoms with Crippen LogP contribution in [0.2, 0.25) is 0 Å². The summed E-state index contributed by atoms with van der Waals surface area (Å²) in [5, 5.41) is 11.4. The highest BCUT2D eigenvalue weighted by molar-refractivity contribution is 6.07. The molecule has 0 amide bonds. The second kappa shape index (κ2) is 9.87. The molecule has 5 rings (SSSR count). The lowest BCUT2D eigenvalue weighted by molar-refractivity contribution is 0.163. The standard InChI is InChI=1S/C31H33N3O3/c1-6-20(19-35)31(2,3)24-16-21(17-28(37-5)29(24)25-18-22(36-4)13-15-32-25)34-26-11-8-7-10-23(26)30-27(34)12-9-14-33-30/h7-18,20,35H,6,19H2,1-5H3/t20-/m0/s1. The third kappa shape index (κ3) is 4.11. The van der Waals surface area contributed by atoms with E-state index in [0.717, 1.165) is 56.6 Å². The van der Waals surface area contributed by atoms with E-state index >= 15 is 0 Å². The van der Waals surface area contributed by atoms with E-state index < -0.39 is 0 Å². The van der Waals surface area contributed by atoms with Gasteiger partial charge in [-0.2, -0.15) is 0 Å². The first-order chi connectivity index (χ1) is 17.9. The topological polar surface area (TPSA) is 69.4 Å². The molecule has 37 heavy (non-hydrogen) atoms. The molecule has 0 bridgehead atoms. The maximum atomic E-state index is 10.3. The number of aromatic nitrogens is 3. The van der Waals surface area contributed by atoms with Crippen molar-refractivity contribution in [3.63, 3.8) is 0 Å². The molecule has 0 unspecified atom stereocenters. The van der Waals surface area contributed by atoms with Crippen LogP contribution in [0.3, 0.4) is 0 Å². The maximum Gasteiger partial charge on any atom is 0.130 e. The van der Waals surface area contributed by atoms with Gasteiger partial charge in [0.15, 0.2) is 0 Å². The van der Waals surface area contributed by atoms with Crippen LogP contribution in [0.25, 0.3) is 38.9 Å². The van der Waals surface area contributed by atoms with Crippen LogP contribution in [0, 0.1) is 5.92 Å². The highest BCUT2D eigenvalue weighted by Gasteiger charge is 2.34. The van der Waals surface area contributed by atoms with Gasteiger partial charge in [-0.3, -0.25) is 9.97 Å². The average Bonchev–Trinajstić information content (AvgIpc) is 3.27. The number of pyridine rings is 2. The molecular formula is C31H33N3O3. The van der Waals surface area contributed by atoms with Gasteiger partial charge >= 0.3 is 0 Å². The summed E-state index contributed by atoms with van der Waals surface area (Å²) in [5.41, 5.74) is 6.36. The molecule has 1 N–H and O–H groups in total. The van der Waals surface area contributed by atoms with Gasteiger partial charge in [0.2, 0.25) is 0 Å². The molecule has 0 fully saturated rings. The van der Waals surface area contributed by atoms with Crippen LogP contribution in [-0.4, -0.2) is 40.5 Å². The van der Waals surface area contributed by atoms with Crippen LogP contribution in [0.4, 0.5) is 0 Å². The summed E-state index contributed by atoms with van der Waals surface area (Å²) in [5.74, 6) is 1.48. The van der Waals surface area contributed by atoms with Crippen LogP contribution in [0.5, 0.6) is 11.5 Å². The van der Waals surface area contributed by atoms with Crippen molar-refractivity contribution in [1.82, 2.24) is 14.5 Å². The summed E-state index contributed by atoms with van der Waals surface area (Å²) in [6.07, 6.45) is 4.42. The summed E-state index contributed by atoms with van der Waals surface area (Å²) in [4.78, 5) is 9.40. The van der Waals surface area contributed by atoms with Crippen LogP contribution in [0.1, 0.15) is 32.8 Å². The van der Waals surface area contributed by atoms with Crippen molar-refractivity contribution in [2.75, 3.05) is 20.8 Å². The van der Waals surface area contributed by atoms with E-state index in [9.17, 15) is 5.11 Å². The number of hydrogen-bond donors (Lipinski definition) is 1. The minimum Gasteiger partial charge on any atom is -0.497 e. The number of aliphatic hydroxyl groups is 1. The number of ether oxygens (including phenoxy) is 2. The number of rotatable bonds is 8. The minimum absolute atomic E-state index is 0.0385. The van der Waals surface area contributed by atoms with Crippen molar-refractivity contribution in [3.8, 4) is 28.4 Å². The Balaban J connectivity index is 1.88. The number of fused-ring (bicyclic) bond motifs is 3. The largest absolute Gasteiger partial charge is 0.497 e. The van der Waals surface area contributed by atoms with Gasteiger partial charge in [-0.15, -0.1) is 0 Å². The predicted octanol–water partition coefficient (Wildman–Crippen LogP) is 6.55. The molecule has 0 saturated carbocycles. The molecule has 0 spiro atoms. The molecule has 2 aromatic carbocycles. The Labute approximate surface area is 217 Å². The Morgan fingerprint density at radius 3 is 2.43 bits per heavy atom. The van der Waals surface area contributed by atoms with Gasteiger partial charge in [0, 0.05) is 42.1 Å². The average molecular weight is 496 g/mol. The Morgan fingerprint density at radius 1 is 0.919 bits per heavy atom. The quantitative estimate of drug-likeness (QED) is 0.264. The Morgan fingerprint density at radius 2 is 1.70 bits per heavy atom. The van der Waals surface area contributed by atoms with E-state index in [1.165, 1.54) is 0 Å². The number of nitrogens with zero attached hydrogens (tertiary/aromatic N) is 3. The lowest BCUT2D eigenvalue weighted by Gasteiger charge is -2.36. The SMILES string of the molecule is CC[C@@H](CO)C(C)(C)c1cc(-n2c3ccccc3c3ncccc32)cc(OC)c1-c1cc(OC)ccn1. The number of methoxy groups -OCH3 is 2. The lowest BCUT2D eigenvalue weighted by atomic mass is 9.70. The van der Waals surface area contributed by atoms with Gasteiger partial charge in [-0.05, 0) is 47.2 Å². The molecule has 1 atom stereocenters. The zero-order chi connectivity index (χ0) is 26.2. The molecular weight excluding hydrogens is 462 g/mol. The summed E-state index contributed by atoms with van der Waals surface area (Å²) in [7, 11) is 3.34. The molecule has 0 saturated heterocycles. The molecule has 3 heterocycles. The van der Waals surface area contributed by atoms with Gasteiger partial charge in [-0.1, -0.05) is 45.4 Å². The normalized spacial score (nSPS) is 12.7. The van der Waals surface area contributed by atoms with Crippen LogP contribution in [-0.2, 0) is 5.41 Å². The highest BCUT2D eigenvalue weighted by Crippen LogP contribution is 2.46. The molecule has 190 valence electrons. The van der Waals surface area contributed by atoms with E-state index in [1.807, 2.05) is 36.5 Å². The summed E-state index contributed by atoms with van der Waals surface area (Å²) >= 11 is 0. The Hall–Kier alpha value is -3.90. The molecule has 6 nitrogen and oxygen atoms in total. The van der Waals surface area contributed by atoms with Gasteiger partial charge in [0.25, 0.3) is 0 Å². The van der Waals surface area contributed by atoms with Crippen LogP contribution in [0.15, 0.2) is 73.1 Å². The first-order valence-corrected chi connectivity index (χ1v) is 12.6. The van der Waals surface area contributed by atoms with Crippen LogP contribution >= 0.6 is 0 Å². The number of para-hydroxylation sites is 1. The smallest absolute Gasteiger partial charge is 0.130 e. The zero-order valence-electron chi connectivity index (χ0n) is 22.0. The maximum absolute atomic E-state index is 10.3. The van der Waals surface area contributed by atoms with Crippen LogP contribution < -0.4 is 9.47 Å². The van der Waals surface area contributed by atoms with Gasteiger partial charge in [0.1, 0.15) is 11.5 Å². The van der Waals surface area contributed by atoms with E-state index in [-0.39, 0.29) is 17.9 Å². The molecule has 0 aliphatic heterocycles. The number of aliphatic hydroxyl groups excluding tert-OH is 1. The van der Waals surface area contributed by atoms with E-state index in [2.05, 4.69) is 55.7 Å². The van der Waals surface area contributed by atoms with Crippen molar-refractivity contribution < 1.29 is 14.6 Å². The fraction of sp³-hybridized carbons (Fsp3) is 0.290. The van der Waals surface area contributed by atoms with Crippen molar-refractivity contribution in [2.24, 2.45) is 5.92 Å². The summed E-state index contributed by atoms with van der Waals surface area (Å²) < 4.78 is 13.8. The second-order valence-corrected chi connectivity index (χ2v) is 9.88. The lowest BCUT2D eigenvalue weighted by Crippen LogP contribution is -2.32. The number of hydrogen-bond acceptors (Lipinski definition) is 5. The molecule has 0 aliphatic rings. The fourth-order valence-electron chi connectivity index (χ4n) is 5.49. The zero-order valence-corrected chi connectivity index (χ0v) is 22.0.